The summed E-state index contributed by atoms with van der Waals surface area (Å²) in [5.74, 6) is -0.955. The lowest BCUT2D eigenvalue weighted by Crippen LogP contribution is -2.30. The minimum absolute atomic E-state index is 0.101. The fourth-order valence-electron chi connectivity index (χ4n) is 8.61. The Labute approximate surface area is 475 Å². The van der Waals surface area contributed by atoms with E-state index < -0.39 is 6.10 Å². The molecule has 77 heavy (non-hydrogen) atoms. The number of unbranched alkanes of at least 4 members (excludes halogenated alkanes) is 26. The third-order valence-corrected chi connectivity index (χ3v) is 13.4. The lowest BCUT2D eigenvalue weighted by atomic mass is 10.0. The van der Waals surface area contributed by atoms with Gasteiger partial charge in [-0.2, -0.15) is 0 Å². The number of esters is 3. The predicted molar refractivity (Wildman–Crippen MR) is 334 cm³/mol. The Morgan fingerprint density at radius 1 is 0.273 bits per heavy atom. The van der Waals surface area contributed by atoms with Crippen molar-refractivity contribution in [1.29, 1.82) is 0 Å². The van der Waals surface area contributed by atoms with Gasteiger partial charge in [-0.25, -0.2) is 0 Å². The molecule has 0 amide bonds. The topological polar surface area (TPSA) is 78.9 Å². The molecule has 0 radical (unpaired) electrons. The molecule has 0 saturated heterocycles. The maximum absolute atomic E-state index is 12.9. The second-order valence-corrected chi connectivity index (χ2v) is 20.9. The zero-order chi connectivity index (χ0) is 55.7. The second kappa shape index (κ2) is 64.3. The SMILES string of the molecule is CC/C=C\C/C=C\C/C=C\C/C=C\C/C=C\C/C=C\CCCCC(=O)OC(COC(=O)CCCCCCC/C=C\CCCC)COC(=O)CCCCCCCCCCCCCC/C=C\C/C=C\C/C=C\CCCCCCC. The summed E-state index contributed by atoms with van der Waals surface area (Å²) < 4.78 is 16.9. The van der Waals surface area contributed by atoms with Crippen LogP contribution in [0.2, 0.25) is 0 Å². The monoisotopic (exact) mass is 1070 g/mol. The molecule has 0 saturated carbocycles. The van der Waals surface area contributed by atoms with Gasteiger partial charge in [0.25, 0.3) is 0 Å². The van der Waals surface area contributed by atoms with Gasteiger partial charge in [0.15, 0.2) is 6.10 Å². The van der Waals surface area contributed by atoms with Crippen LogP contribution >= 0.6 is 0 Å². The first-order chi connectivity index (χ1) is 38.0. The Kier molecular flexibility index (Phi) is 60.8. The minimum Gasteiger partial charge on any atom is -0.462 e. The number of hydrogen-bond donors (Lipinski definition) is 0. The highest BCUT2D eigenvalue weighted by molar-refractivity contribution is 5.71. The predicted octanol–water partition coefficient (Wildman–Crippen LogP) is 22.0. The lowest BCUT2D eigenvalue weighted by Gasteiger charge is -2.18. The first-order valence-electron chi connectivity index (χ1n) is 32.0. The molecule has 0 aliphatic rings. The average molecular weight is 1070 g/mol. The van der Waals surface area contributed by atoms with Crippen LogP contribution in [0.25, 0.3) is 0 Å². The normalized spacial score (nSPS) is 12.9. The van der Waals surface area contributed by atoms with E-state index in [-0.39, 0.29) is 37.5 Å². The molecule has 1 unspecified atom stereocenters. The molecule has 0 fully saturated rings. The molecule has 0 rings (SSSR count). The molecule has 0 spiro atoms. The van der Waals surface area contributed by atoms with Gasteiger partial charge in [-0.1, -0.05) is 264 Å². The molecular formula is C71H118O6. The van der Waals surface area contributed by atoms with Crippen molar-refractivity contribution in [2.75, 3.05) is 13.2 Å². The summed E-state index contributed by atoms with van der Waals surface area (Å²) in [5, 5.41) is 0. The third kappa shape index (κ3) is 62.5. The fourth-order valence-corrected chi connectivity index (χ4v) is 8.61. The molecule has 6 nitrogen and oxygen atoms in total. The van der Waals surface area contributed by atoms with E-state index in [4.69, 9.17) is 14.2 Å². The first kappa shape index (κ1) is 72.8. The van der Waals surface area contributed by atoms with Crippen LogP contribution in [0.5, 0.6) is 0 Å². The van der Waals surface area contributed by atoms with E-state index in [2.05, 4.69) is 142 Å². The van der Waals surface area contributed by atoms with E-state index in [0.29, 0.717) is 19.3 Å². The number of carbonyl (C=O) groups excluding carboxylic acids is 3. The average Bonchev–Trinajstić information content (AvgIpc) is 3.43. The molecular weight excluding hydrogens is 949 g/mol. The molecule has 6 heteroatoms. The smallest absolute Gasteiger partial charge is 0.306 e. The highest BCUT2D eigenvalue weighted by atomic mass is 16.6. The van der Waals surface area contributed by atoms with Gasteiger partial charge in [-0.3, -0.25) is 14.4 Å². The van der Waals surface area contributed by atoms with Crippen LogP contribution in [-0.4, -0.2) is 37.2 Å². The van der Waals surface area contributed by atoms with Crippen molar-refractivity contribution in [2.45, 2.75) is 297 Å². The maximum Gasteiger partial charge on any atom is 0.306 e. The van der Waals surface area contributed by atoms with Crippen LogP contribution < -0.4 is 0 Å². The van der Waals surface area contributed by atoms with Crippen molar-refractivity contribution in [3.05, 3.63) is 122 Å². The summed E-state index contributed by atoms with van der Waals surface area (Å²) in [5.41, 5.74) is 0. The van der Waals surface area contributed by atoms with Crippen molar-refractivity contribution in [3.63, 3.8) is 0 Å². The summed E-state index contributed by atoms with van der Waals surface area (Å²) in [6.45, 7) is 6.44. The van der Waals surface area contributed by atoms with Crippen LogP contribution in [-0.2, 0) is 28.6 Å². The molecule has 0 aromatic heterocycles. The van der Waals surface area contributed by atoms with Crippen molar-refractivity contribution in [1.82, 2.24) is 0 Å². The van der Waals surface area contributed by atoms with Crippen LogP contribution in [0, 0.1) is 0 Å². The molecule has 1 atom stereocenters. The summed E-state index contributed by atoms with van der Waals surface area (Å²) in [6, 6.07) is 0. The van der Waals surface area contributed by atoms with Crippen molar-refractivity contribution in [2.24, 2.45) is 0 Å². The van der Waals surface area contributed by atoms with Crippen molar-refractivity contribution < 1.29 is 28.6 Å². The molecule has 0 aliphatic heterocycles. The van der Waals surface area contributed by atoms with E-state index in [1.165, 1.54) is 128 Å². The standard InChI is InChI=1S/C71H118O6/c1-4-7-10-13-16-19-22-24-26-28-30-32-33-34-35-36-37-39-40-42-44-46-49-52-55-58-61-64-70(73)76-67-68(66-75-69(72)63-60-57-54-51-48-21-18-15-12-9-6-3)77-71(74)65-62-59-56-53-50-47-45-43-41-38-31-29-27-25-23-20-17-14-11-8-5-2/h8,11,15,17-18,20,22,24-25,27-28,30-31,33-34,38,43,45,50,53,68H,4-7,9-10,12-14,16,19,21,23,26,29,32,35-37,39-42,44,46-49,51-52,54-67H2,1-3H3/b11-8-,18-15-,20-17-,24-22-,27-25-,30-28-,34-33-,38-31-,45-43-,53-50-. The Bertz CT molecular complexity index is 1600. The van der Waals surface area contributed by atoms with E-state index >= 15 is 0 Å². The van der Waals surface area contributed by atoms with Crippen LogP contribution in [0.15, 0.2) is 122 Å². The summed E-state index contributed by atoms with van der Waals surface area (Å²) in [7, 11) is 0. The first-order valence-corrected chi connectivity index (χ1v) is 32.0. The van der Waals surface area contributed by atoms with Crippen LogP contribution in [0.4, 0.5) is 0 Å². The van der Waals surface area contributed by atoms with Crippen molar-refractivity contribution in [3.8, 4) is 0 Å². The fraction of sp³-hybridized carbons (Fsp3) is 0.676. The number of hydrogen-bond acceptors (Lipinski definition) is 6. The molecule has 0 heterocycles. The van der Waals surface area contributed by atoms with E-state index in [9.17, 15) is 14.4 Å². The third-order valence-electron chi connectivity index (χ3n) is 13.4. The second-order valence-electron chi connectivity index (χ2n) is 20.9. The van der Waals surface area contributed by atoms with Gasteiger partial charge in [-0.15, -0.1) is 0 Å². The maximum atomic E-state index is 12.9. The highest BCUT2D eigenvalue weighted by Gasteiger charge is 2.19. The van der Waals surface area contributed by atoms with E-state index in [0.717, 1.165) is 116 Å². The van der Waals surface area contributed by atoms with Crippen molar-refractivity contribution >= 4 is 17.9 Å². The molecule has 0 N–H and O–H groups in total. The van der Waals surface area contributed by atoms with Gasteiger partial charge >= 0.3 is 17.9 Å². The molecule has 0 aliphatic carbocycles. The number of rotatable bonds is 57. The molecule has 0 bridgehead atoms. The minimum atomic E-state index is -0.809. The Hall–Kier alpha value is -4.19. The van der Waals surface area contributed by atoms with Gasteiger partial charge < -0.3 is 14.2 Å². The van der Waals surface area contributed by atoms with Gasteiger partial charge in [0.1, 0.15) is 13.2 Å². The largest absolute Gasteiger partial charge is 0.462 e. The summed E-state index contributed by atoms with van der Waals surface area (Å²) in [6.07, 6.45) is 89.3. The Morgan fingerprint density at radius 3 is 0.870 bits per heavy atom. The number of carbonyl (C=O) groups is 3. The Morgan fingerprint density at radius 2 is 0.519 bits per heavy atom. The number of ether oxygens (including phenoxy) is 3. The quantitative estimate of drug-likeness (QED) is 0.0261. The van der Waals surface area contributed by atoms with Gasteiger partial charge in [-0.05, 0) is 128 Å². The zero-order valence-electron chi connectivity index (χ0n) is 50.2. The summed E-state index contributed by atoms with van der Waals surface area (Å²) in [4.78, 5) is 38.2. The number of allylic oxidation sites excluding steroid dienone is 20. The van der Waals surface area contributed by atoms with E-state index in [1.54, 1.807) is 0 Å². The Balaban J connectivity index is 4.34. The molecule has 438 valence electrons. The molecule has 0 aromatic carbocycles. The van der Waals surface area contributed by atoms with E-state index in [1.807, 2.05) is 0 Å². The van der Waals surface area contributed by atoms with Gasteiger partial charge in [0, 0.05) is 19.3 Å². The zero-order valence-corrected chi connectivity index (χ0v) is 50.2. The molecule has 0 aromatic rings. The van der Waals surface area contributed by atoms with Crippen LogP contribution in [0.1, 0.15) is 290 Å². The van der Waals surface area contributed by atoms with Gasteiger partial charge in [0.05, 0.1) is 0 Å². The van der Waals surface area contributed by atoms with Gasteiger partial charge in [0.2, 0.25) is 0 Å². The van der Waals surface area contributed by atoms with Crippen LogP contribution in [0.3, 0.4) is 0 Å². The highest BCUT2D eigenvalue weighted by Crippen LogP contribution is 2.15. The summed E-state index contributed by atoms with van der Waals surface area (Å²) >= 11 is 0. The lowest BCUT2D eigenvalue weighted by molar-refractivity contribution is -0.167.